The summed E-state index contributed by atoms with van der Waals surface area (Å²) in [6, 6.07) is -1.53. The van der Waals surface area contributed by atoms with Crippen molar-refractivity contribution in [2.24, 2.45) is 5.73 Å². The summed E-state index contributed by atoms with van der Waals surface area (Å²) in [5, 5.41) is 8.88. The lowest BCUT2D eigenvalue weighted by molar-refractivity contribution is -0.161. The van der Waals surface area contributed by atoms with Gasteiger partial charge in [-0.1, -0.05) is 131 Å². The Morgan fingerprint density at radius 3 is 1.43 bits per heavy atom. The van der Waals surface area contributed by atoms with Crippen molar-refractivity contribution >= 4 is 25.7 Å². The number of phosphoric ester groups is 1. The van der Waals surface area contributed by atoms with Crippen LogP contribution < -0.4 is 5.73 Å². The van der Waals surface area contributed by atoms with E-state index in [0.29, 0.717) is 12.8 Å². The molecule has 0 aliphatic carbocycles. The zero-order valence-corrected chi connectivity index (χ0v) is 35.1. The molecule has 12 heteroatoms. The molecule has 56 heavy (non-hydrogen) atoms. The third kappa shape index (κ3) is 37.6. The third-order valence-corrected chi connectivity index (χ3v) is 9.09. The van der Waals surface area contributed by atoms with Gasteiger partial charge in [0.05, 0.1) is 13.2 Å². The van der Waals surface area contributed by atoms with Crippen molar-refractivity contribution in [2.75, 3.05) is 19.8 Å². The van der Waals surface area contributed by atoms with E-state index in [-0.39, 0.29) is 19.4 Å². The number of esters is 2. The lowest BCUT2D eigenvalue weighted by Gasteiger charge is -2.20. The molecule has 0 radical (unpaired) electrons. The van der Waals surface area contributed by atoms with Gasteiger partial charge in [-0.05, 0) is 83.5 Å². The van der Waals surface area contributed by atoms with E-state index in [0.717, 1.165) is 103 Å². The van der Waals surface area contributed by atoms with Gasteiger partial charge in [-0.2, -0.15) is 0 Å². The first-order valence-electron chi connectivity index (χ1n) is 20.6. The quantitative estimate of drug-likeness (QED) is 0.0236. The number of carbonyl (C=O) groups excluding carboxylic acids is 2. The van der Waals surface area contributed by atoms with Crippen LogP contribution in [-0.2, 0) is 37.5 Å². The standard InChI is InChI=1S/C44H72NO10P/c1-3-5-7-9-11-13-15-17-18-19-20-21-22-24-26-28-30-32-34-36-43(47)55-40(38-53-56(50,51)54-39-41(45)44(48)49)37-52-42(46)35-33-31-29-27-25-23-16-14-12-10-8-6-4-2/h5-8,11-14,17-18,20-21,23,25,40-41H,3-4,9-10,15-16,19,22,24,26-39,45H2,1-2H3,(H,48,49)(H,50,51)/b7-5-,8-6-,13-11-,14-12-,18-17-,21-20-,25-23-. The number of ether oxygens (including phenoxy) is 2. The molecule has 0 spiro atoms. The topological polar surface area (TPSA) is 172 Å². The molecule has 0 aliphatic heterocycles. The molecule has 0 heterocycles. The minimum atomic E-state index is -4.73. The number of carboxylic acid groups (broad SMARTS) is 1. The molecule has 11 nitrogen and oxygen atoms in total. The molecule has 4 N–H and O–H groups in total. The van der Waals surface area contributed by atoms with Gasteiger partial charge in [0, 0.05) is 12.8 Å². The molecule has 0 fully saturated rings. The zero-order valence-electron chi connectivity index (χ0n) is 34.2. The largest absolute Gasteiger partial charge is 0.480 e. The van der Waals surface area contributed by atoms with Crippen molar-refractivity contribution in [1.29, 1.82) is 0 Å². The van der Waals surface area contributed by atoms with Crippen LogP contribution in [0.1, 0.15) is 142 Å². The Hall–Kier alpha value is -3.34. The minimum Gasteiger partial charge on any atom is -0.480 e. The molecule has 0 bridgehead atoms. The fourth-order valence-corrected chi connectivity index (χ4v) is 5.73. The summed E-state index contributed by atoms with van der Waals surface area (Å²) in [5.41, 5.74) is 5.32. The van der Waals surface area contributed by atoms with Gasteiger partial charge in [0.25, 0.3) is 0 Å². The van der Waals surface area contributed by atoms with Crippen LogP contribution >= 0.6 is 7.82 Å². The summed E-state index contributed by atoms with van der Waals surface area (Å²) < 4.78 is 32.6. The Labute approximate surface area is 337 Å². The van der Waals surface area contributed by atoms with Crippen molar-refractivity contribution in [3.05, 3.63) is 85.1 Å². The first-order valence-corrected chi connectivity index (χ1v) is 22.1. The number of hydrogen-bond acceptors (Lipinski definition) is 9. The van der Waals surface area contributed by atoms with Crippen molar-refractivity contribution in [3.63, 3.8) is 0 Å². The van der Waals surface area contributed by atoms with E-state index in [4.69, 9.17) is 24.8 Å². The minimum absolute atomic E-state index is 0.133. The molecule has 0 aromatic heterocycles. The fourth-order valence-electron chi connectivity index (χ4n) is 4.95. The number of carboxylic acids is 1. The first kappa shape index (κ1) is 52.7. The molecular formula is C44H72NO10P. The Balaban J connectivity index is 4.46. The fraction of sp³-hybridized carbons (Fsp3) is 0.614. The predicted molar refractivity (Wildman–Crippen MR) is 226 cm³/mol. The van der Waals surface area contributed by atoms with E-state index in [1.807, 2.05) is 0 Å². The van der Waals surface area contributed by atoms with Crippen LogP contribution in [-0.4, -0.2) is 59.9 Å². The van der Waals surface area contributed by atoms with Gasteiger partial charge in [-0.15, -0.1) is 0 Å². The van der Waals surface area contributed by atoms with Gasteiger partial charge in [0.15, 0.2) is 6.10 Å². The van der Waals surface area contributed by atoms with Crippen molar-refractivity contribution in [3.8, 4) is 0 Å². The molecule has 318 valence electrons. The third-order valence-electron chi connectivity index (χ3n) is 8.14. The normalized spacial score (nSPS) is 14.6. The van der Waals surface area contributed by atoms with Gasteiger partial charge in [-0.3, -0.25) is 23.4 Å². The highest BCUT2D eigenvalue weighted by molar-refractivity contribution is 7.47. The number of phosphoric acid groups is 1. The maximum absolute atomic E-state index is 12.6. The average Bonchev–Trinajstić information content (AvgIpc) is 3.17. The van der Waals surface area contributed by atoms with Gasteiger partial charge < -0.3 is 25.2 Å². The van der Waals surface area contributed by atoms with Crippen LogP contribution in [0.2, 0.25) is 0 Å². The second-order valence-corrected chi connectivity index (χ2v) is 14.8. The molecule has 0 saturated carbocycles. The van der Waals surface area contributed by atoms with E-state index in [1.165, 1.54) is 0 Å². The number of carbonyl (C=O) groups is 3. The Bertz CT molecular complexity index is 1270. The lowest BCUT2D eigenvalue weighted by atomic mass is 10.1. The summed E-state index contributed by atoms with van der Waals surface area (Å²) in [5.74, 6) is -2.45. The molecular weight excluding hydrogens is 733 g/mol. The maximum Gasteiger partial charge on any atom is 0.472 e. The SMILES string of the molecule is CC/C=C\C/C=C\C/C=C\C/C=C\CCCCCCCCC(=O)OC(COC(=O)CCCCC/C=C\C/C=C\C/C=C\CC)COP(=O)(O)OCC(N)C(=O)O. The van der Waals surface area contributed by atoms with Crippen LogP contribution in [0.5, 0.6) is 0 Å². The molecule has 0 rings (SSSR count). The van der Waals surface area contributed by atoms with E-state index >= 15 is 0 Å². The second-order valence-electron chi connectivity index (χ2n) is 13.4. The smallest absolute Gasteiger partial charge is 0.472 e. The molecule has 0 aromatic rings. The number of rotatable bonds is 37. The predicted octanol–water partition coefficient (Wildman–Crippen LogP) is 10.7. The Morgan fingerprint density at radius 1 is 0.554 bits per heavy atom. The van der Waals surface area contributed by atoms with Gasteiger partial charge in [0.1, 0.15) is 12.6 Å². The van der Waals surface area contributed by atoms with Crippen LogP contribution in [0.25, 0.3) is 0 Å². The maximum atomic E-state index is 12.6. The number of nitrogens with two attached hydrogens (primary N) is 1. The monoisotopic (exact) mass is 805 g/mol. The lowest BCUT2D eigenvalue weighted by Crippen LogP contribution is -2.34. The van der Waals surface area contributed by atoms with Gasteiger partial charge in [-0.25, -0.2) is 4.57 Å². The Kier molecular flexibility index (Phi) is 36.2. The molecule has 3 atom stereocenters. The second kappa shape index (κ2) is 38.5. The summed E-state index contributed by atoms with van der Waals surface area (Å²) in [7, 11) is -4.73. The molecule has 0 amide bonds. The van der Waals surface area contributed by atoms with E-state index < -0.39 is 51.1 Å². The average molecular weight is 806 g/mol. The molecule has 0 aliphatic rings. The van der Waals surface area contributed by atoms with Crippen molar-refractivity contribution < 1.29 is 47.5 Å². The van der Waals surface area contributed by atoms with Gasteiger partial charge in [0.2, 0.25) is 0 Å². The summed E-state index contributed by atoms with van der Waals surface area (Å²) in [4.78, 5) is 45.9. The molecule has 0 aromatic carbocycles. The van der Waals surface area contributed by atoms with Crippen molar-refractivity contribution in [2.45, 2.75) is 154 Å². The highest BCUT2D eigenvalue weighted by atomic mass is 31.2. The van der Waals surface area contributed by atoms with Crippen LogP contribution in [0, 0.1) is 0 Å². The highest BCUT2D eigenvalue weighted by Crippen LogP contribution is 2.43. The number of hydrogen-bond donors (Lipinski definition) is 3. The van der Waals surface area contributed by atoms with Crippen molar-refractivity contribution in [1.82, 2.24) is 0 Å². The molecule has 0 saturated heterocycles. The number of allylic oxidation sites excluding steroid dienone is 14. The van der Waals surface area contributed by atoms with E-state index in [9.17, 15) is 23.8 Å². The number of aliphatic carboxylic acids is 1. The van der Waals surface area contributed by atoms with Gasteiger partial charge >= 0.3 is 25.7 Å². The summed E-state index contributed by atoms with van der Waals surface area (Å²) in [6.45, 7) is 2.50. The zero-order chi connectivity index (χ0) is 41.4. The highest BCUT2D eigenvalue weighted by Gasteiger charge is 2.28. The van der Waals surface area contributed by atoms with Crippen LogP contribution in [0.3, 0.4) is 0 Å². The summed E-state index contributed by atoms with van der Waals surface area (Å²) >= 11 is 0. The molecule has 3 unspecified atom stereocenters. The number of unbranched alkanes of at least 4 members (excludes halogenated alkanes) is 9. The van der Waals surface area contributed by atoms with Crippen LogP contribution in [0.4, 0.5) is 0 Å². The van der Waals surface area contributed by atoms with E-state index in [1.54, 1.807) is 0 Å². The Morgan fingerprint density at radius 2 is 0.946 bits per heavy atom. The summed E-state index contributed by atoms with van der Waals surface area (Å²) in [6.07, 6.45) is 46.5. The van der Waals surface area contributed by atoms with E-state index in [2.05, 4.69) is 103 Å². The van der Waals surface area contributed by atoms with Crippen LogP contribution in [0.15, 0.2) is 85.1 Å². The first-order chi connectivity index (χ1) is 27.1.